The molecular weight excluding hydrogens is 560 g/mol. The molecule has 0 aromatic rings. The van der Waals surface area contributed by atoms with Crippen LogP contribution in [0.4, 0.5) is 0 Å². The van der Waals surface area contributed by atoms with Gasteiger partial charge in [-0.2, -0.15) is 0 Å². The van der Waals surface area contributed by atoms with Gasteiger partial charge in [-0.05, 0) is 41.9 Å². The largest absolute Gasteiger partial charge is 0.495 e. The van der Waals surface area contributed by atoms with Crippen molar-refractivity contribution >= 4 is 17.3 Å². The Balaban J connectivity index is 0.000000563. The van der Waals surface area contributed by atoms with Gasteiger partial charge in [0.15, 0.2) is 35.0 Å². The van der Waals surface area contributed by atoms with E-state index in [1.165, 1.54) is 39.0 Å². The predicted molar refractivity (Wildman–Crippen MR) is 151 cm³/mol. The van der Waals surface area contributed by atoms with E-state index in [4.69, 9.17) is 0 Å². The number of likely N-dealkylation sites (N-methyl/N-ethyl adjacent to an activating group) is 3. The molecule has 3 fully saturated rings. The van der Waals surface area contributed by atoms with Crippen LogP contribution < -0.4 is 0 Å². The maximum absolute atomic E-state index is 10.7. The summed E-state index contributed by atoms with van der Waals surface area (Å²) in [7, 11) is 6.13. The fraction of sp³-hybridized carbons (Fsp3) is 0.667. The standard InChI is InChI=1S/3C9H16N2O2.Fe/c3*1-8(12)7-9(13)11-5-3-10(2)4-6-11;/h3*7,13H,3-6H2,1-2H3;. The van der Waals surface area contributed by atoms with E-state index in [-0.39, 0.29) is 52.1 Å². The van der Waals surface area contributed by atoms with Gasteiger partial charge in [-0.1, -0.05) is 0 Å². The molecule has 0 aromatic carbocycles. The molecule has 3 heterocycles. The summed E-state index contributed by atoms with van der Waals surface area (Å²) in [6, 6.07) is 0. The number of rotatable bonds is 6. The van der Waals surface area contributed by atoms with Crippen molar-refractivity contribution in [3.05, 3.63) is 35.9 Å². The molecule has 0 unspecified atom stereocenters. The number of aliphatic hydroxyl groups excluding tert-OH is 3. The normalized spacial score (nSPS) is 19.9. The van der Waals surface area contributed by atoms with E-state index < -0.39 is 0 Å². The molecule has 0 saturated carbocycles. The average Bonchev–Trinajstić information content (AvgIpc) is 2.85. The van der Waals surface area contributed by atoms with Crippen LogP contribution in [-0.2, 0) is 31.5 Å². The molecule has 0 amide bonds. The van der Waals surface area contributed by atoms with Gasteiger partial charge >= 0.3 is 0 Å². The molecule has 230 valence electrons. The van der Waals surface area contributed by atoms with Crippen molar-refractivity contribution in [3.63, 3.8) is 0 Å². The van der Waals surface area contributed by atoms with Gasteiger partial charge < -0.3 is 44.7 Å². The Bertz CT molecular complexity index is 774. The minimum Gasteiger partial charge on any atom is -0.495 e. The maximum atomic E-state index is 10.7. The quantitative estimate of drug-likeness (QED) is 0.223. The average molecular weight is 609 g/mol. The molecule has 3 saturated heterocycles. The fourth-order valence-corrected chi connectivity index (χ4v) is 3.93. The minimum absolute atomic E-state index is 0. The number of piperazine rings is 3. The van der Waals surface area contributed by atoms with Crippen molar-refractivity contribution in [1.29, 1.82) is 0 Å². The fourth-order valence-electron chi connectivity index (χ4n) is 3.93. The van der Waals surface area contributed by atoms with Crippen molar-refractivity contribution in [1.82, 2.24) is 29.4 Å². The molecule has 0 atom stereocenters. The first kappa shape index (κ1) is 37.4. The Morgan fingerprint density at radius 1 is 0.450 bits per heavy atom. The molecule has 0 spiro atoms. The number of hydrogen-bond acceptors (Lipinski definition) is 12. The summed E-state index contributed by atoms with van der Waals surface area (Å²) in [5.41, 5.74) is 0. The molecule has 0 aromatic heterocycles. The van der Waals surface area contributed by atoms with Crippen LogP contribution in [0.25, 0.3) is 0 Å². The smallest absolute Gasteiger partial charge is 0.190 e. The van der Waals surface area contributed by atoms with Crippen LogP contribution in [0.1, 0.15) is 20.8 Å². The molecule has 0 aliphatic carbocycles. The Hall–Kier alpha value is -2.57. The van der Waals surface area contributed by atoms with E-state index in [1.54, 1.807) is 0 Å². The second-order valence-corrected chi connectivity index (χ2v) is 10.2. The SMILES string of the molecule is CC(=O)C=C(O)N1CCN(C)CC1.CC(=O)C=C(O)N1CCN(C)CC1.CC(=O)C=C(O)N1CCN(C)CC1.[Fe]. The summed E-state index contributed by atoms with van der Waals surface area (Å²) < 4.78 is 0. The van der Waals surface area contributed by atoms with Crippen molar-refractivity contribution in [2.24, 2.45) is 0 Å². The van der Waals surface area contributed by atoms with Gasteiger partial charge in [0.2, 0.25) is 0 Å². The third kappa shape index (κ3) is 15.9. The third-order valence-corrected chi connectivity index (χ3v) is 6.48. The van der Waals surface area contributed by atoms with Crippen molar-refractivity contribution in [3.8, 4) is 0 Å². The van der Waals surface area contributed by atoms with Crippen LogP contribution in [0.3, 0.4) is 0 Å². The number of ketones is 3. The number of nitrogens with zero attached hydrogens (tertiary/aromatic N) is 6. The van der Waals surface area contributed by atoms with Crippen molar-refractivity contribution in [2.75, 3.05) is 99.7 Å². The number of allylic oxidation sites excluding steroid dienone is 3. The first-order valence-electron chi connectivity index (χ1n) is 13.3. The zero-order chi connectivity index (χ0) is 29.5. The van der Waals surface area contributed by atoms with Crippen LogP contribution >= 0.6 is 0 Å². The number of hydrogen-bond donors (Lipinski definition) is 3. The monoisotopic (exact) mass is 608 g/mol. The second-order valence-electron chi connectivity index (χ2n) is 10.2. The molecular formula is C27H48FeN6O6. The molecule has 3 N–H and O–H groups in total. The van der Waals surface area contributed by atoms with Crippen molar-refractivity contribution < 1.29 is 46.8 Å². The zero-order valence-electron chi connectivity index (χ0n) is 24.8. The first-order chi connectivity index (χ1) is 18.3. The van der Waals surface area contributed by atoms with Crippen LogP contribution in [0, 0.1) is 0 Å². The Labute approximate surface area is 249 Å². The Morgan fingerprint density at radius 3 is 0.775 bits per heavy atom. The number of aliphatic hydroxyl groups is 3. The summed E-state index contributed by atoms with van der Waals surface area (Å²) >= 11 is 0. The molecule has 12 nitrogen and oxygen atoms in total. The number of carbonyl (C=O) groups is 3. The zero-order valence-corrected chi connectivity index (χ0v) is 25.9. The van der Waals surface area contributed by atoms with Gasteiger partial charge in [0.1, 0.15) is 0 Å². The molecule has 3 rings (SSSR count). The summed E-state index contributed by atoms with van der Waals surface area (Å²) in [5.74, 6) is -0.0499. The summed E-state index contributed by atoms with van der Waals surface area (Å²) in [4.78, 5) is 44.1. The van der Waals surface area contributed by atoms with E-state index in [0.717, 1.165) is 78.5 Å². The molecule has 3 aliphatic rings. The number of carbonyl (C=O) groups excluding carboxylic acids is 3. The van der Waals surface area contributed by atoms with Crippen LogP contribution in [-0.4, -0.2) is 162 Å². The minimum atomic E-state index is -0.114. The van der Waals surface area contributed by atoms with E-state index in [2.05, 4.69) is 14.7 Å². The topological polar surface area (TPSA) is 131 Å². The molecule has 13 heteroatoms. The second kappa shape index (κ2) is 19.5. The Kier molecular flexibility index (Phi) is 18.2. The van der Waals surface area contributed by atoms with Crippen molar-refractivity contribution in [2.45, 2.75) is 20.8 Å². The summed E-state index contributed by atoms with van der Waals surface area (Å²) in [5, 5.41) is 28.4. The third-order valence-electron chi connectivity index (χ3n) is 6.48. The van der Waals surface area contributed by atoms with Crippen LogP contribution in [0.15, 0.2) is 35.9 Å². The van der Waals surface area contributed by atoms with Gasteiger partial charge in [0.05, 0.1) is 0 Å². The van der Waals surface area contributed by atoms with E-state index in [1.807, 2.05) is 35.8 Å². The summed E-state index contributed by atoms with van der Waals surface area (Å²) in [6.45, 7) is 14.6. The van der Waals surface area contributed by atoms with E-state index >= 15 is 0 Å². The molecule has 3 aliphatic heterocycles. The van der Waals surface area contributed by atoms with E-state index in [0.29, 0.717) is 0 Å². The van der Waals surface area contributed by atoms with Gasteiger partial charge in [-0.15, -0.1) is 0 Å². The molecule has 0 radical (unpaired) electrons. The molecule has 40 heavy (non-hydrogen) atoms. The van der Waals surface area contributed by atoms with Crippen LogP contribution in [0.2, 0.25) is 0 Å². The van der Waals surface area contributed by atoms with Gasteiger partial charge in [0, 0.05) is 114 Å². The van der Waals surface area contributed by atoms with Gasteiger partial charge in [-0.25, -0.2) is 0 Å². The van der Waals surface area contributed by atoms with Gasteiger partial charge in [-0.3, -0.25) is 14.4 Å². The molecule has 0 bridgehead atoms. The maximum Gasteiger partial charge on any atom is 0.190 e. The van der Waals surface area contributed by atoms with Crippen LogP contribution in [0.5, 0.6) is 0 Å². The summed E-state index contributed by atoms with van der Waals surface area (Å²) in [6.07, 6.45) is 3.81. The van der Waals surface area contributed by atoms with E-state index in [9.17, 15) is 29.7 Å². The first-order valence-corrected chi connectivity index (χ1v) is 13.3. The predicted octanol–water partition coefficient (Wildman–Crippen LogP) is 0.664. The van der Waals surface area contributed by atoms with Gasteiger partial charge in [0.25, 0.3) is 0 Å². The Morgan fingerprint density at radius 2 is 0.625 bits per heavy atom.